The van der Waals surface area contributed by atoms with Crippen molar-refractivity contribution >= 4 is 18.5 Å². The zero-order valence-corrected chi connectivity index (χ0v) is 17.3. The summed E-state index contributed by atoms with van der Waals surface area (Å²) >= 11 is 1.65. The molecule has 1 amide bonds. The van der Waals surface area contributed by atoms with E-state index in [0.29, 0.717) is 18.8 Å². The summed E-state index contributed by atoms with van der Waals surface area (Å²) in [6.07, 6.45) is -0.334. The molecule has 2 aromatic carbocycles. The van der Waals surface area contributed by atoms with Crippen molar-refractivity contribution < 1.29 is 33.7 Å². The van der Waals surface area contributed by atoms with Crippen molar-refractivity contribution in [3.05, 3.63) is 47.5 Å². The molecule has 2 rings (SSSR count). The Kier molecular flexibility index (Phi) is 8.50. The van der Waals surface area contributed by atoms with Crippen LogP contribution in [0.4, 0.5) is 4.79 Å². The SMILES string of the molecule is CCN(CC)C(=O)Oc1cccc(C)c1-c1c(C)cccc1[O][Ti].Cl. The second-order valence-electron chi connectivity index (χ2n) is 5.54. The van der Waals surface area contributed by atoms with Gasteiger partial charge < -0.3 is 0 Å². The number of carbonyl (C=O) groups excluding carboxylic acids is 1. The van der Waals surface area contributed by atoms with E-state index >= 15 is 0 Å². The first kappa shape index (κ1) is 21.6. The minimum Gasteiger partial charge on any atom is -0.147 e. The average molecular weight is 397 g/mol. The van der Waals surface area contributed by atoms with Crippen LogP contribution in [0.15, 0.2) is 36.4 Å². The molecule has 6 heteroatoms. The normalized spacial score (nSPS) is 9.88. The Morgan fingerprint density at radius 1 is 0.960 bits per heavy atom. The molecule has 0 atom stereocenters. The molecule has 0 aliphatic carbocycles. The largest absolute Gasteiger partial charge is 0.147 e. The molecule has 0 spiro atoms. The number of benzene rings is 2. The van der Waals surface area contributed by atoms with Gasteiger partial charge in [0.2, 0.25) is 0 Å². The van der Waals surface area contributed by atoms with Gasteiger partial charge in [-0.05, 0) is 0 Å². The van der Waals surface area contributed by atoms with Gasteiger partial charge in [0.25, 0.3) is 0 Å². The van der Waals surface area contributed by atoms with Crippen LogP contribution in [-0.4, -0.2) is 24.1 Å². The number of rotatable bonds is 5. The summed E-state index contributed by atoms with van der Waals surface area (Å²) in [5.41, 5.74) is 3.96. The molecule has 0 fully saturated rings. The Morgan fingerprint density at radius 2 is 1.44 bits per heavy atom. The summed E-state index contributed by atoms with van der Waals surface area (Å²) in [5, 5.41) is 0. The molecule has 133 valence electrons. The fraction of sp³-hybridized carbons (Fsp3) is 0.316. The summed E-state index contributed by atoms with van der Waals surface area (Å²) in [6.45, 7) is 9.14. The number of ether oxygens (including phenoxy) is 1. The molecular weight excluding hydrogens is 374 g/mol. The molecule has 4 nitrogen and oxygen atoms in total. The van der Waals surface area contributed by atoms with Crippen LogP contribution in [0.2, 0.25) is 0 Å². The maximum absolute atomic E-state index is 12.4. The van der Waals surface area contributed by atoms with Crippen LogP contribution < -0.4 is 8.06 Å². The van der Waals surface area contributed by atoms with Crippen LogP contribution in [0.1, 0.15) is 25.0 Å². The van der Waals surface area contributed by atoms with Crippen LogP contribution >= 0.6 is 12.4 Å². The summed E-state index contributed by atoms with van der Waals surface area (Å²) in [4.78, 5) is 14.0. The van der Waals surface area contributed by atoms with E-state index in [4.69, 9.17) is 8.06 Å². The first-order valence-corrected chi connectivity index (χ1v) is 8.67. The van der Waals surface area contributed by atoms with Crippen molar-refractivity contribution in [1.29, 1.82) is 0 Å². The fourth-order valence-corrected chi connectivity index (χ4v) is 3.00. The van der Waals surface area contributed by atoms with Gasteiger partial charge in [0, 0.05) is 0 Å². The number of amides is 1. The van der Waals surface area contributed by atoms with Crippen molar-refractivity contribution in [1.82, 2.24) is 4.90 Å². The van der Waals surface area contributed by atoms with E-state index in [1.54, 1.807) is 25.7 Å². The topological polar surface area (TPSA) is 38.8 Å². The van der Waals surface area contributed by atoms with Crippen molar-refractivity contribution in [3.8, 4) is 22.6 Å². The van der Waals surface area contributed by atoms with E-state index in [-0.39, 0.29) is 18.5 Å². The van der Waals surface area contributed by atoms with E-state index in [9.17, 15) is 4.79 Å². The summed E-state index contributed by atoms with van der Waals surface area (Å²) in [5.74, 6) is 1.32. The van der Waals surface area contributed by atoms with Gasteiger partial charge in [-0.2, -0.15) is 0 Å². The smallest absolute Gasteiger partial charge is 0.147 e. The molecule has 0 heterocycles. The zero-order chi connectivity index (χ0) is 17.7. The van der Waals surface area contributed by atoms with Crippen LogP contribution in [0, 0.1) is 13.8 Å². The van der Waals surface area contributed by atoms with E-state index in [0.717, 1.165) is 28.0 Å². The molecule has 0 radical (unpaired) electrons. The first-order valence-electron chi connectivity index (χ1n) is 8.03. The first-order chi connectivity index (χ1) is 11.5. The maximum atomic E-state index is 12.4. The van der Waals surface area contributed by atoms with E-state index in [1.165, 1.54) is 0 Å². The molecule has 0 aliphatic rings. The molecule has 25 heavy (non-hydrogen) atoms. The van der Waals surface area contributed by atoms with Gasteiger partial charge in [-0.3, -0.25) is 0 Å². The molecule has 0 unspecified atom stereocenters. The van der Waals surface area contributed by atoms with Crippen molar-refractivity contribution in [3.63, 3.8) is 0 Å². The molecule has 0 N–H and O–H groups in total. The Hall–Kier alpha value is -1.49. The van der Waals surface area contributed by atoms with Crippen LogP contribution in [0.25, 0.3) is 11.1 Å². The third kappa shape index (κ3) is 4.78. The fourth-order valence-electron chi connectivity index (χ4n) is 2.73. The number of nitrogens with zero attached hydrogens (tertiary/aromatic N) is 1. The summed E-state index contributed by atoms with van der Waals surface area (Å²) in [7, 11) is 0. The molecule has 0 aromatic heterocycles. The monoisotopic (exact) mass is 396 g/mol. The van der Waals surface area contributed by atoms with Gasteiger partial charge in [0.15, 0.2) is 0 Å². The molecule has 0 saturated carbocycles. The summed E-state index contributed by atoms with van der Waals surface area (Å²) in [6, 6.07) is 11.6. The van der Waals surface area contributed by atoms with E-state index in [1.807, 2.05) is 64.1 Å². The predicted molar refractivity (Wildman–Crippen MR) is 98.2 cm³/mol. The Morgan fingerprint density at radius 3 is 1.92 bits per heavy atom. The standard InChI is InChI=1S/C19H23NO3.ClH.Ti/c1-5-20(6-2)19(22)23-16-12-8-10-14(4)18(16)17-13(3)9-7-11-15(17)21;;/h7-12,21H,5-6H2,1-4H3;1H;/q;;+1/p-1. The molecule has 0 bridgehead atoms. The molecule has 0 saturated heterocycles. The Labute approximate surface area is 167 Å². The number of carbonyl (C=O) groups is 1. The molecule has 0 aliphatic heterocycles. The van der Waals surface area contributed by atoms with Gasteiger partial charge in [-0.1, -0.05) is 0 Å². The average Bonchev–Trinajstić information content (AvgIpc) is 2.57. The Bertz CT molecular complexity index is 733. The summed E-state index contributed by atoms with van der Waals surface area (Å²) < 4.78 is 11.2. The number of hydrogen-bond donors (Lipinski definition) is 0. The Balaban J connectivity index is 0.00000312. The molecular formula is C19H23ClNO3Ti. The number of hydrogen-bond acceptors (Lipinski definition) is 3. The third-order valence-corrected chi connectivity index (χ3v) is 4.39. The van der Waals surface area contributed by atoms with Crippen LogP contribution in [0.3, 0.4) is 0 Å². The second kappa shape index (κ2) is 9.86. The van der Waals surface area contributed by atoms with Gasteiger partial charge in [-0.25, -0.2) is 0 Å². The minimum absolute atomic E-state index is 0. The minimum atomic E-state index is -0.334. The molecule has 2 aromatic rings. The third-order valence-electron chi connectivity index (χ3n) is 4.05. The van der Waals surface area contributed by atoms with Gasteiger partial charge in [0.1, 0.15) is 0 Å². The van der Waals surface area contributed by atoms with Crippen molar-refractivity contribution in [2.24, 2.45) is 0 Å². The van der Waals surface area contributed by atoms with Crippen molar-refractivity contribution in [2.45, 2.75) is 27.7 Å². The van der Waals surface area contributed by atoms with Gasteiger partial charge in [-0.15, -0.1) is 12.4 Å². The van der Waals surface area contributed by atoms with Crippen LogP contribution in [0.5, 0.6) is 11.5 Å². The van der Waals surface area contributed by atoms with Crippen molar-refractivity contribution in [2.75, 3.05) is 13.1 Å². The maximum Gasteiger partial charge on any atom is -0.147 e. The van der Waals surface area contributed by atoms with E-state index < -0.39 is 0 Å². The number of aryl methyl sites for hydroxylation is 2. The zero-order valence-electron chi connectivity index (χ0n) is 15.0. The quantitative estimate of drug-likeness (QED) is 0.662. The van der Waals surface area contributed by atoms with E-state index in [2.05, 4.69) is 0 Å². The predicted octanol–water partition coefficient (Wildman–Crippen LogP) is 5.07. The van der Waals surface area contributed by atoms with Crippen LogP contribution in [-0.2, 0) is 20.8 Å². The second-order valence-corrected chi connectivity index (χ2v) is 5.86. The van der Waals surface area contributed by atoms with Gasteiger partial charge >= 0.3 is 156 Å². The number of halogens is 1. The van der Waals surface area contributed by atoms with Gasteiger partial charge in [0.05, 0.1) is 0 Å².